The third kappa shape index (κ3) is 3.24. The number of amides is 1. The van der Waals surface area contributed by atoms with Gasteiger partial charge in [-0.25, -0.2) is 0 Å². The second-order valence-electron chi connectivity index (χ2n) is 4.70. The fraction of sp³-hybridized carbons (Fsp3) is 0.500. The number of para-hydroxylation sites is 1. The molecule has 0 spiro atoms. The number of anilines is 1. The van der Waals surface area contributed by atoms with Gasteiger partial charge in [0.25, 0.3) is 0 Å². The first-order valence-corrected chi connectivity index (χ1v) is 6.58. The van der Waals surface area contributed by atoms with Gasteiger partial charge in [0.2, 0.25) is 5.91 Å². The molecule has 1 amide bonds. The predicted molar refractivity (Wildman–Crippen MR) is 73.0 cm³/mol. The van der Waals surface area contributed by atoms with Gasteiger partial charge in [0, 0.05) is 37.7 Å². The molecule has 1 unspecified atom stereocenters. The van der Waals surface area contributed by atoms with Gasteiger partial charge < -0.3 is 20.4 Å². The van der Waals surface area contributed by atoms with Gasteiger partial charge in [-0.05, 0) is 11.6 Å². The number of hydrogen-bond acceptors (Lipinski definition) is 4. The van der Waals surface area contributed by atoms with Crippen molar-refractivity contribution in [2.75, 3.05) is 38.2 Å². The molecule has 5 heteroatoms. The Kier molecular flexibility index (Phi) is 4.76. The molecule has 5 nitrogen and oxygen atoms in total. The van der Waals surface area contributed by atoms with Crippen LogP contribution in [0, 0.1) is 0 Å². The molecule has 0 aromatic heterocycles. The van der Waals surface area contributed by atoms with Crippen molar-refractivity contribution in [2.45, 2.75) is 12.3 Å². The van der Waals surface area contributed by atoms with Crippen molar-refractivity contribution in [3.8, 4) is 0 Å². The largest absolute Gasteiger partial charge is 0.395 e. The number of rotatable bonds is 6. The van der Waals surface area contributed by atoms with Gasteiger partial charge in [0.15, 0.2) is 0 Å². The summed E-state index contributed by atoms with van der Waals surface area (Å²) in [6.07, 6.45) is 0.407. The number of nitrogens with zero attached hydrogens (tertiary/aromatic N) is 1. The molecule has 0 saturated carbocycles. The smallest absolute Gasteiger partial charge is 0.223 e. The number of carbonyl (C=O) groups excluding carboxylic acids is 1. The first kappa shape index (κ1) is 13.8. The van der Waals surface area contributed by atoms with Crippen molar-refractivity contribution < 1.29 is 15.0 Å². The van der Waals surface area contributed by atoms with Crippen molar-refractivity contribution in [1.82, 2.24) is 4.90 Å². The molecule has 0 saturated heterocycles. The molecule has 1 aromatic rings. The summed E-state index contributed by atoms with van der Waals surface area (Å²) in [5.41, 5.74) is 2.26. The lowest BCUT2D eigenvalue weighted by molar-refractivity contribution is -0.132. The Balaban J connectivity index is 1.99. The Bertz CT molecular complexity index is 430. The molecule has 3 N–H and O–H groups in total. The lowest BCUT2D eigenvalue weighted by atomic mass is 9.97. The summed E-state index contributed by atoms with van der Waals surface area (Å²) in [4.78, 5) is 13.7. The van der Waals surface area contributed by atoms with Gasteiger partial charge in [-0.2, -0.15) is 0 Å². The van der Waals surface area contributed by atoms with Gasteiger partial charge in [-0.3, -0.25) is 4.79 Å². The summed E-state index contributed by atoms with van der Waals surface area (Å²) in [6.45, 7) is 1.16. The van der Waals surface area contributed by atoms with Crippen LogP contribution in [0.2, 0.25) is 0 Å². The number of aliphatic hydroxyl groups excluding tert-OH is 2. The van der Waals surface area contributed by atoms with E-state index in [4.69, 9.17) is 10.2 Å². The molecule has 0 radical (unpaired) electrons. The minimum absolute atomic E-state index is 0.0217. The van der Waals surface area contributed by atoms with Crippen LogP contribution in [-0.2, 0) is 4.79 Å². The molecular weight excluding hydrogens is 244 g/mol. The topological polar surface area (TPSA) is 72.8 Å². The lowest BCUT2D eigenvalue weighted by Gasteiger charge is -2.22. The van der Waals surface area contributed by atoms with E-state index >= 15 is 0 Å². The Morgan fingerprint density at radius 1 is 1.26 bits per heavy atom. The monoisotopic (exact) mass is 264 g/mol. The number of fused-ring (bicyclic) bond motifs is 1. The van der Waals surface area contributed by atoms with Crippen LogP contribution in [0.5, 0.6) is 0 Å². The summed E-state index contributed by atoms with van der Waals surface area (Å²) >= 11 is 0. The Morgan fingerprint density at radius 2 is 1.95 bits per heavy atom. The molecule has 19 heavy (non-hydrogen) atoms. The highest BCUT2D eigenvalue weighted by Gasteiger charge is 2.25. The number of aliphatic hydroxyl groups is 2. The average molecular weight is 264 g/mol. The van der Waals surface area contributed by atoms with Gasteiger partial charge in [0.1, 0.15) is 0 Å². The van der Waals surface area contributed by atoms with Crippen molar-refractivity contribution in [2.24, 2.45) is 0 Å². The van der Waals surface area contributed by atoms with Crippen LogP contribution in [0.4, 0.5) is 5.69 Å². The van der Waals surface area contributed by atoms with Crippen LogP contribution in [0.3, 0.4) is 0 Å². The van der Waals surface area contributed by atoms with Crippen molar-refractivity contribution >= 4 is 11.6 Å². The molecule has 0 aliphatic carbocycles. The highest BCUT2D eigenvalue weighted by molar-refractivity contribution is 5.78. The molecule has 1 atom stereocenters. The second-order valence-corrected chi connectivity index (χ2v) is 4.70. The van der Waals surface area contributed by atoms with Crippen LogP contribution >= 0.6 is 0 Å². The normalized spacial score (nSPS) is 16.8. The number of nitrogens with one attached hydrogen (secondary N) is 1. The van der Waals surface area contributed by atoms with Crippen LogP contribution < -0.4 is 5.32 Å². The lowest BCUT2D eigenvalue weighted by Crippen LogP contribution is -2.36. The second kappa shape index (κ2) is 6.54. The van der Waals surface area contributed by atoms with E-state index < -0.39 is 0 Å². The van der Waals surface area contributed by atoms with Crippen LogP contribution in [0.25, 0.3) is 0 Å². The molecule has 2 rings (SSSR count). The van der Waals surface area contributed by atoms with E-state index in [9.17, 15) is 4.79 Å². The van der Waals surface area contributed by atoms with Crippen molar-refractivity contribution in [3.63, 3.8) is 0 Å². The predicted octanol–water partition coefficient (Wildman–Crippen LogP) is 0.399. The van der Waals surface area contributed by atoms with E-state index in [2.05, 4.69) is 5.32 Å². The molecule has 1 heterocycles. The number of hydrogen-bond donors (Lipinski definition) is 3. The average Bonchev–Trinajstić information content (AvgIpc) is 2.82. The Morgan fingerprint density at radius 3 is 2.63 bits per heavy atom. The molecule has 0 bridgehead atoms. The Hall–Kier alpha value is -1.59. The van der Waals surface area contributed by atoms with Gasteiger partial charge >= 0.3 is 0 Å². The molecule has 104 valence electrons. The highest BCUT2D eigenvalue weighted by Crippen LogP contribution is 2.33. The fourth-order valence-electron chi connectivity index (χ4n) is 2.48. The maximum atomic E-state index is 12.2. The van der Waals surface area contributed by atoms with E-state index in [1.165, 1.54) is 10.5 Å². The summed E-state index contributed by atoms with van der Waals surface area (Å²) < 4.78 is 0. The minimum Gasteiger partial charge on any atom is -0.395 e. The van der Waals surface area contributed by atoms with Crippen LogP contribution in [0.1, 0.15) is 17.9 Å². The van der Waals surface area contributed by atoms with E-state index in [1.807, 2.05) is 24.3 Å². The molecular formula is C14H20N2O3. The van der Waals surface area contributed by atoms with Crippen molar-refractivity contribution in [3.05, 3.63) is 29.8 Å². The van der Waals surface area contributed by atoms with Crippen LogP contribution in [0.15, 0.2) is 24.3 Å². The first-order valence-electron chi connectivity index (χ1n) is 6.58. The van der Waals surface area contributed by atoms with Gasteiger partial charge in [0.05, 0.1) is 13.2 Å². The number of benzene rings is 1. The zero-order valence-electron chi connectivity index (χ0n) is 10.9. The van der Waals surface area contributed by atoms with E-state index in [1.54, 1.807) is 0 Å². The molecule has 0 fully saturated rings. The summed E-state index contributed by atoms with van der Waals surface area (Å²) in [7, 11) is 0. The SMILES string of the molecule is O=C(CC1CNc2ccccc21)N(CCO)CCO. The summed E-state index contributed by atoms with van der Waals surface area (Å²) in [6, 6.07) is 8.00. The first-order chi connectivity index (χ1) is 9.26. The summed E-state index contributed by atoms with van der Waals surface area (Å²) in [5, 5.41) is 21.2. The molecule has 1 aliphatic heterocycles. The van der Waals surface area contributed by atoms with Crippen molar-refractivity contribution in [1.29, 1.82) is 0 Å². The highest BCUT2D eigenvalue weighted by atomic mass is 16.3. The maximum absolute atomic E-state index is 12.2. The molecule has 1 aromatic carbocycles. The van der Waals surface area contributed by atoms with Crippen LogP contribution in [-0.4, -0.2) is 53.9 Å². The third-order valence-electron chi connectivity index (χ3n) is 3.45. The third-order valence-corrected chi connectivity index (χ3v) is 3.45. The summed E-state index contributed by atoms with van der Waals surface area (Å²) in [5.74, 6) is 0.148. The zero-order valence-corrected chi connectivity index (χ0v) is 10.9. The van der Waals surface area contributed by atoms with E-state index in [0.29, 0.717) is 6.42 Å². The van der Waals surface area contributed by atoms with E-state index in [0.717, 1.165) is 12.2 Å². The van der Waals surface area contributed by atoms with Gasteiger partial charge in [-0.1, -0.05) is 18.2 Å². The number of carbonyl (C=O) groups is 1. The standard InChI is InChI=1S/C14H20N2O3/c17-7-5-16(6-8-18)14(19)9-11-10-15-13-4-2-1-3-12(11)13/h1-4,11,15,17-18H,5-10H2. The van der Waals surface area contributed by atoms with Gasteiger partial charge in [-0.15, -0.1) is 0 Å². The van der Waals surface area contributed by atoms with E-state index in [-0.39, 0.29) is 38.1 Å². The minimum atomic E-state index is -0.0781. The maximum Gasteiger partial charge on any atom is 0.223 e. The fourth-order valence-corrected chi connectivity index (χ4v) is 2.48. The Labute approximate surface area is 112 Å². The zero-order chi connectivity index (χ0) is 13.7. The molecule has 1 aliphatic rings. The quantitative estimate of drug-likeness (QED) is 0.695.